The first-order valence-corrected chi connectivity index (χ1v) is 16.8. The van der Waals surface area contributed by atoms with E-state index in [-0.39, 0.29) is 19.2 Å². The van der Waals surface area contributed by atoms with Gasteiger partial charge in [0.2, 0.25) is 0 Å². The van der Waals surface area contributed by atoms with Crippen molar-refractivity contribution >= 4 is 33.1 Å². The highest BCUT2D eigenvalue weighted by Crippen LogP contribution is 2.45. The number of amides is 1. The third kappa shape index (κ3) is 7.45. The number of anilines is 1. The van der Waals surface area contributed by atoms with E-state index in [4.69, 9.17) is 33.6 Å². The van der Waals surface area contributed by atoms with Crippen LogP contribution in [0.1, 0.15) is 65.7 Å². The molecule has 0 saturated carbocycles. The summed E-state index contributed by atoms with van der Waals surface area (Å²) in [6.07, 6.45) is 0.0528. The first-order chi connectivity index (χ1) is 21.4. The van der Waals surface area contributed by atoms with E-state index in [2.05, 4.69) is 9.97 Å². The van der Waals surface area contributed by atoms with Crippen LogP contribution in [0.4, 0.5) is 10.6 Å². The molecule has 1 amide bonds. The van der Waals surface area contributed by atoms with Crippen LogP contribution in [0.15, 0.2) is 42.9 Å². The Morgan fingerprint density at radius 1 is 1.13 bits per heavy atom. The quantitative estimate of drug-likeness (QED) is 0.327. The van der Waals surface area contributed by atoms with Crippen LogP contribution in [0.25, 0.3) is 11.0 Å². The van der Waals surface area contributed by atoms with Crippen LogP contribution >= 0.6 is 0 Å². The molecule has 5 rings (SSSR count). The van der Waals surface area contributed by atoms with Crippen LogP contribution < -0.4 is 5.73 Å². The summed E-state index contributed by atoms with van der Waals surface area (Å²) >= 11 is 0. The maximum absolute atomic E-state index is 13.6. The lowest BCUT2D eigenvalue weighted by Gasteiger charge is -2.38. The highest BCUT2D eigenvalue weighted by Gasteiger charge is 2.58. The Morgan fingerprint density at radius 2 is 1.83 bits per heavy atom. The topological polar surface area (TPSA) is 167 Å². The van der Waals surface area contributed by atoms with Gasteiger partial charge in [-0.2, -0.15) is 8.42 Å². The van der Waals surface area contributed by atoms with Crippen LogP contribution in [-0.2, 0) is 51.3 Å². The molecule has 2 aliphatic rings. The van der Waals surface area contributed by atoms with E-state index in [0.29, 0.717) is 23.2 Å². The monoisotopic (exact) mass is 661 g/mol. The molecule has 0 radical (unpaired) electrons. The summed E-state index contributed by atoms with van der Waals surface area (Å²) < 4.78 is 63.7. The molecular formula is C31H43N5O9S. The van der Waals surface area contributed by atoms with Gasteiger partial charge < -0.3 is 34.0 Å². The van der Waals surface area contributed by atoms with E-state index >= 15 is 0 Å². The van der Waals surface area contributed by atoms with Crippen molar-refractivity contribution in [2.45, 2.75) is 103 Å². The number of carbonyl (C=O) groups excluding carboxylic acids is 1. The molecule has 2 aromatic heterocycles. The molecule has 2 saturated heterocycles. The van der Waals surface area contributed by atoms with E-state index in [0.717, 1.165) is 11.8 Å². The molecule has 2 unspecified atom stereocenters. The average Bonchev–Trinajstić information content (AvgIpc) is 3.57. The van der Waals surface area contributed by atoms with E-state index < -0.39 is 57.7 Å². The zero-order valence-corrected chi connectivity index (χ0v) is 28.2. The molecule has 252 valence electrons. The van der Waals surface area contributed by atoms with Crippen molar-refractivity contribution in [2.24, 2.45) is 0 Å². The number of hydrogen-bond donors (Lipinski definition) is 1. The summed E-state index contributed by atoms with van der Waals surface area (Å²) in [5.74, 6) is -1.02. The maximum Gasteiger partial charge on any atom is 0.412 e. The molecule has 2 fully saturated rings. The minimum Gasteiger partial charge on any atom is -0.444 e. The van der Waals surface area contributed by atoms with Crippen molar-refractivity contribution in [1.29, 1.82) is 0 Å². The Balaban J connectivity index is 1.56. The molecule has 4 heterocycles. The second-order valence-electron chi connectivity index (χ2n) is 13.4. The molecule has 0 bridgehead atoms. The molecule has 2 N–H and O–H groups in total. The van der Waals surface area contributed by atoms with Gasteiger partial charge in [0, 0.05) is 11.8 Å². The van der Waals surface area contributed by atoms with Gasteiger partial charge in [-0.05, 0) is 54.0 Å². The van der Waals surface area contributed by atoms with Crippen LogP contribution in [-0.4, -0.2) is 82.2 Å². The Morgan fingerprint density at radius 3 is 2.48 bits per heavy atom. The van der Waals surface area contributed by atoms with Crippen molar-refractivity contribution in [2.75, 3.05) is 18.6 Å². The molecule has 1 aromatic carbocycles. The van der Waals surface area contributed by atoms with Crippen molar-refractivity contribution in [3.05, 3.63) is 54.0 Å². The second-order valence-corrected chi connectivity index (χ2v) is 15.0. The minimum absolute atomic E-state index is 0.0581. The molecule has 3 aromatic rings. The molecule has 4 atom stereocenters. The van der Waals surface area contributed by atoms with Gasteiger partial charge in [-0.25, -0.2) is 14.8 Å². The van der Waals surface area contributed by atoms with Crippen molar-refractivity contribution < 1.29 is 41.1 Å². The average molecular weight is 662 g/mol. The van der Waals surface area contributed by atoms with Crippen molar-refractivity contribution in [3.63, 3.8) is 0 Å². The minimum atomic E-state index is -4.08. The summed E-state index contributed by atoms with van der Waals surface area (Å²) in [7, 11) is -4.08. The Hall–Kier alpha value is -3.34. The van der Waals surface area contributed by atoms with Gasteiger partial charge in [0.1, 0.15) is 48.2 Å². The lowest BCUT2D eigenvalue weighted by atomic mass is 9.96. The fourth-order valence-corrected chi connectivity index (χ4v) is 6.48. The number of nitrogens with two attached hydrogens (primary N) is 1. The standard InChI is InChI=1S/C31H43N5O9S/c1-29(2,3)44-28(37)36-21(16-41-30(36,4)5)25-26(43-31(6,7)42-25)24(45-46(8,38)39)20-14-35(23-22(20)33-17-34-27(23)32)18-40-15-19-12-10-9-11-13-19/h9-14,17,21,24-26H,15-16,18H2,1-8H3,(H2,32,33,34)/t21-,24?,25-,26?/m1/s1. The summed E-state index contributed by atoms with van der Waals surface area (Å²) in [4.78, 5) is 23.6. The zero-order chi connectivity index (χ0) is 33.7. The van der Waals surface area contributed by atoms with Crippen LogP contribution in [0.2, 0.25) is 0 Å². The van der Waals surface area contributed by atoms with Crippen LogP contribution in [0.5, 0.6) is 0 Å². The molecule has 15 heteroatoms. The number of carbonyl (C=O) groups is 1. The van der Waals surface area contributed by atoms with E-state index in [9.17, 15) is 13.2 Å². The first kappa shape index (κ1) is 34.0. The highest BCUT2D eigenvalue weighted by atomic mass is 32.2. The SMILES string of the molecule is CC(C)(C)OC(=O)N1[C@@H]([C@H]2OC(C)(C)OC2C(OS(C)(=O)=O)c2cn(COCc3ccccc3)c3c(N)ncnc23)COC1(C)C. The second kappa shape index (κ2) is 12.4. The smallest absolute Gasteiger partial charge is 0.412 e. The first-order valence-electron chi connectivity index (χ1n) is 15.0. The van der Waals surface area contributed by atoms with Crippen molar-refractivity contribution in [1.82, 2.24) is 19.4 Å². The largest absolute Gasteiger partial charge is 0.444 e. The van der Waals surface area contributed by atoms with E-state index in [1.807, 2.05) is 30.3 Å². The predicted octanol–water partition coefficient (Wildman–Crippen LogP) is 4.10. The molecular weight excluding hydrogens is 618 g/mol. The summed E-state index contributed by atoms with van der Waals surface area (Å²) in [6.45, 7) is 12.7. The third-order valence-corrected chi connectivity index (χ3v) is 8.14. The number of benzene rings is 1. The number of fused-ring (bicyclic) bond motifs is 1. The number of nitrogens with zero attached hydrogens (tertiary/aromatic N) is 4. The fourth-order valence-electron chi connectivity index (χ4n) is 5.89. The van der Waals surface area contributed by atoms with Gasteiger partial charge in [-0.3, -0.25) is 9.08 Å². The Bertz CT molecular complexity index is 1670. The maximum atomic E-state index is 13.6. The number of hydrogen-bond acceptors (Lipinski definition) is 12. The van der Waals surface area contributed by atoms with Gasteiger partial charge in [0.05, 0.1) is 31.0 Å². The predicted molar refractivity (Wildman–Crippen MR) is 168 cm³/mol. The number of aromatic nitrogens is 3. The van der Waals surface area contributed by atoms with Crippen LogP contribution in [0, 0.1) is 0 Å². The number of rotatable bonds is 9. The van der Waals surface area contributed by atoms with Gasteiger partial charge in [-0.1, -0.05) is 30.3 Å². The summed E-state index contributed by atoms with van der Waals surface area (Å²) in [6, 6.07) is 8.92. The Kier molecular flexibility index (Phi) is 9.13. The zero-order valence-electron chi connectivity index (χ0n) is 27.4. The third-order valence-electron chi connectivity index (χ3n) is 7.58. The molecule has 46 heavy (non-hydrogen) atoms. The van der Waals surface area contributed by atoms with Crippen molar-refractivity contribution in [3.8, 4) is 0 Å². The molecule has 14 nitrogen and oxygen atoms in total. The number of ether oxygens (including phenoxy) is 5. The molecule has 0 aliphatic carbocycles. The fraction of sp³-hybridized carbons (Fsp3) is 0.581. The van der Waals surface area contributed by atoms with Gasteiger partial charge >= 0.3 is 6.09 Å². The van der Waals surface area contributed by atoms with Gasteiger partial charge in [-0.15, -0.1) is 0 Å². The Labute approximate surface area is 269 Å². The van der Waals surface area contributed by atoms with Gasteiger partial charge in [0.15, 0.2) is 11.6 Å². The normalized spacial score (nSPS) is 23.6. The van der Waals surface area contributed by atoms with Crippen LogP contribution in [0.3, 0.4) is 0 Å². The van der Waals surface area contributed by atoms with E-state index in [1.54, 1.807) is 59.2 Å². The summed E-state index contributed by atoms with van der Waals surface area (Å²) in [5, 5.41) is 0. The van der Waals surface area contributed by atoms with Gasteiger partial charge in [0.25, 0.3) is 10.1 Å². The number of nitrogen functional groups attached to an aromatic ring is 1. The molecule has 0 spiro atoms. The summed E-state index contributed by atoms with van der Waals surface area (Å²) in [5.41, 5.74) is 6.59. The van der Waals surface area contributed by atoms with E-state index in [1.165, 1.54) is 11.2 Å². The highest BCUT2D eigenvalue weighted by molar-refractivity contribution is 7.86. The lowest BCUT2D eigenvalue weighted by Crippen LogP contribution is -2.56. The molecule has 2 aliphatic heterocycles. The lowest BCUT2D eigenvalue weighted by molar-refractivity contribution is -0.157.